The van der Waals surface area contributed by atoms with Gasteiger partial charge in [0, 0.05) is 62.1 Å². The van der Waals surface area contributed by atoms with Crippen LogP contribution in [0.4, 0.5) is 5.82 Å². The van der Waals surface area contributed by atoms with E-state index in [-0.39, 0.29) is 23.2 Å². The molecule has 2 aliphatic heterocycles. The van der Waals surface area contributed by atoms with E-state index in [4.69, 9.17) is 14.7 Å². The number of esters is 1. The van der Waals surface area contributed by atoms with Gasteiger partial charge in [-0.2, -0.15) is 0 Å². The van der Waals surface area contributed by atoms with E-state index in [9.17, 15) is 9.59 Å². The number of piperazine rings is 1. The summed E-state index contributed by atoms with van der Waals surface area (Å²) in [4.78, 5) is 41.5. The molecule has 8 nitrogen and oxygen atoms in total. The molecular weight excluding hydrogens is 498 g/mol. The summed E-state index contributed by atoms with van der Waals surface area (Å²) < 4.78 is 5.17. The second kappa shape index (κ2) is 12.5. The lowest BCUT2D eigenvalue weighted by Gasteiger charge is -2.34. The molecule has 1 aromatic heterocycles. The first-order chi connectivity index (χ1) is 18.1. The van der Waals surface area contributed by atoms with Crippen molar-refractivity contribution in [2.75, 3.05) is 57.8 Å². The molecule has 2 saturated heterocycles. The first-order valence-corrected chi connectivity index (χ1v) is 14.6. The Kier molecular flexibility index (Phi) is 9.31. The molecule has 0 aliphatic carbocycles. The number of likely N-dealkylation sites (tertiary alicyclic amines) is 1. The van der Waals surface area contributed by atoms with Crippen LogP contribution in [-0.2, 0) is 20.7 Å². The highest BCUT2D eigenvalue weighted by Crippen LogP contribution is 2.29. The maximum absolute atomic E-state index is 13.1. The second-order valence-corrected chi connectivity index (χ2v) is 12.2. The SMILES string of the molecule is CCOC(=O)[C@H]1CCCN(C(=O)c2ccc(CSc3nc(N4CCN(C)CC4)cc(C(C)(C)C)n3)cc2)C1. The lowest BCUT2D eigenvalue weighted by atomic mass is 9.92. The first-order valence-electron chi connectivity index (χ1n) is 13.6. The molecule has 0 bridgehead atoms. The van der Waals surface area contributed by atoms with Crippen molar-refractivity contribution in [2.45, 2.75) is 56.9 Å². The quantitative estimate of drug-likeness (QED) is 0.294. The minimum Gasteiger partial charge on any atom is -0.466 e. The summed E-state index contributed by atoms with van der Waals surface area (Å²) >= 11 is 1.63. The predicted molar refractivity (Wildman–Crippen MR) is 152 cm³/mol. The summed E-state index contributed by atoms with van der Waals surface area (Å²) in [5, 5.41) is 0.782. The number of carbonyl (C=O) groups excluding carboxylic acids is 2. The Morgan fingerprint density at radius 3 is 2.42 bits per heavy atom. The number of benzene rings is 1. The van der Waals surface area contributed by atoms with Gasteiger partial charge in [0.25, 0.3) is 5.91 Å². The second-order valence-electron chi connectivity index (χ2n) is 11.3. The molecule has 3 heterocycles. The molecule has 4 rings (SSSR count). The number of nitrogens with zero attached hydrogens (tertiary/aromatic N) is 5. The van der Waals surface area contributed by atoms with E-state index in [1.165, 1.54) is 0 Å². The Hall–Kier alpha value is -2.65. The van der Waals surface area contributed by atoms with E-state index >= 15 is 0 Å². The van der Waals surface area contributed by atoms with Gasteiger partial charge in [0.05, 0.1) is 18.2 Å². The summed E-state index contributed by atoms with van der Waals surface area (Å²) in [5.41, 5.74) is 2.74. The Labute approximate surface area is 231 Å². The number of rotatable bonds is 7. The van der Waals surface area contributed by atoms with Crippen LogP contribution in [0, 0.1) is 5.92 Å². The number of ether oxygens (including phenoxy) is 1. The summed E-state index contributed by atoms with van der Waals surface area (Å²) in [6, 6.07) is 9.91. The normalized spacial score (nSPS) is 18.9. The van der Waals surface area contributed by atoms with Crippen LogP contribution in [0.1, 0.15) is 62.2 Å². The van der Waals surface area contributed by atoms with E-state index in [1.807, 2.05) is 31.2 Å². The molecule has 0 radical (unpaired) electrons. The highest BCUT2D eigenvalue weighted by Gasteiger charge is 2.30. The molecule has 2 fully saturated rings. The molecule has 2 aromatic rings. The standard InChI is InChI=1S/C29H41N5O3S/c1-6-37-27(36)23-8-7-13-34(19-23)26(35)22-11-9-21(10-12-22)20-38-28-30-24(29(2,3)4)18-25(31-28)33-16-14-32(5)15-17-33/h9-12,18,23H,6-8,13-17,19-20H2,1-5H3/t23-/m0/s1. The number of likely N-dealkylation sites (N-methyl/N-ethyl adjacent to an activating group) is 1. The van der Waals surface area contributed by atoms with Gasteiger partial charge in [0.1, 0.15) is 5.82 Å². The van der Waals surface area contributed by atoms with Crippen LogP contribution in [0.5, 0.6) is 0 Å². The van der Waals surface area contributed by atoms with Crippen molar-refractivity contribution in [3.63, 3.8) is 0 Å². The first kappa shape index (κ1) is 28.4. The monoisotopic (exact) mass is 539 g/mol. The maximum atomic E-state index is 13.1. The van der Waals surface area contributed by atoms with Gasteiger partial charge in [0.15, 0.2) is 5.16 Å². The van der Waals surface area contributed by atoms with Gasteiger partial charge in [0.2, 0.25) is 0 Å². The van der Waals surface area contributed by atoms with Gasteiger partial charge >= 0.3 is 5.97 Å². The molecule has 9 heteroatoms. The van der Waals surface area contributed by atoms with Crippen molar-refractivity contribution in [3.05, 3.63) is 47.2 Å². The van der Waals surface area contributed by atoms with Gasteiger partial charge in [-0.25, -0.2) is 9.97 Å². The fourth-order valence-electron chi connectivity index (χ4n) is 4.75. The zero-order valence-corrected chi connectivity index (χ0v) is 24.2. The molecule has 1 amide bonds. The number of anilines is 1. The summed E-state index contributed by atoms with van der Waals surface area (Å²) in [6.45, 7) is 13.8. The highest BCUT2D eigenvalue weighted by atomic mass is 32.2. The largest absolute Gasteiger partial charge is 0.466 e. The number of hydrogen-bond donors (Lipinski definition) is 0. The summed E-state index contributed by atoms with van der Waals surface area (Å²) in [6.07, 6.45) is 1.58. The van der Waals surface area contributed by atoms with Crippen molar-refractivity contribution in [2.24, 2.45) is 5.92 Å². The van der Waals surface area contributed by atoms with Crippen LogP contribution in [0.15, 0.2) is 35.5 Å². The third-order valence-electron chi connectivity index (χ3n) is 7.19. The Bertz CT molecular complexity index is 1110. The lowest BCUT2D eigenvalue weighted by molar-refractivity contribution is -0.149. The van der Waals surface area contributed by atoms with Crippen LogP contribution in [0.25, 0.3) is 0 Å². The fourth-order valence-corrected chi connectivity index (χ4v) is 5.56. The van der Waals surface area contributed by atoms with Gasteiger partial charge in [-0.3, -0.25) is 9.59 Å². The zero-order chi connectivity index (χ0) is 27.3. The highest BCUT2D eigenvalue weighted by molar-refractivity contribution is 7.98. The van der Waals surface area contributed by atoms with E-state index in [1.54, 1.807) is 16.7 Å². The van der Waals surface area contributed by atoms with E-state index in [2.05, 4.69) is 43.7 Å². The molecule has 0 saturated carbocycles. The van der Waals surface area contributed by atoms with Crippen molar-refractivity contribution in [1.82, 2.24) is 19.8 Å². The number of carbonyl (C=O) groups is 2. The molecule has 0 N–H and O–H groups in total. The third kappa shape index (κ3) is 7.26. The summed E-state index contributed by atoms with van der Waals surface area (Å²) in [7, 11) is 2.16. The van der Waals surface area contributed by atoms with Crippen molar-refractivity contribution in [1.29, 1.82) is 0 Å². The van der Waals surface area contributed by atoms with Crippen LogP contribution in [0.3, 0.4) is 0 Å². The minimum absolute atomic E-state index is 0.0313. The molecule has 2 aliphatic rings. The average molecular weight is 540 g/mol. The predicted octanol–water partition coefficient (Wildman–Crippen LogP) is 4.23. The minimum atomic E-state index is -0.233. The maximum Gasteiger partial charge on any atom is 0.310 e. The van der Waals surface area contributed by atoms with E-state index < -0.39 is 0 Å². The molecule has 1 atom stereocenters. The van der Waals surface area contributed by atoms with Crippen LogP contribution in [-0.4, -0.2) is 84.6 Å². The topological polar surface area (TPSA) is 78.9 Å². The van der Waals surface area contributed by atoms with Gasteiger partial charge in [-0.15, -0.1) is 0 Å². The van der Waals surface area contributed by atoms with E-state index in [0.717, 1.165) is 67.0 Å². The van der Waals surface area contributed by atoms with Crippen LogP contribution < -0.4 is 4.90 Å². The average Bonchev–Trinajstić information content (AvgIpc) is 2.92. The Morgan fingerprint density at radius 2 is 1.76 bits per heavy atom. The molecular formula is C29H41N5O3S. The van der Waals surface area contributed by atoms with Crippen LogP contribution >= 0.6 is 11.8 Å². The fraction of sp³-hybridized carbons (Fsp3) is 0.586. The number of thioether (sulfide) groups is 1. The number of amides is 1. The molecule has 0 unspecified atom stereocenters. The van der Waals surface area contributed by atoms with Gasteiger partial charge in [-0.1, -0.05) is 44.7 Å². The van der Waals surface area contributed by atoms with E-state index in [0.29, 0.717) is 25.3 Å². The lowest BCUT2D eigenvalue weighted by Crippen LogP contribution is -2.45. The smallest absolute Gasteiger partial charge is 0.310 e. The van der Waals surface area contributed by atoms with Crippen molar-refractivity contribution in [3.8, 4) is 0 Å². The molecule has 38 heavy (non-hydrogen) atoms. The van der Waals surface area contributed by atoms with Gasteiger partial charge < -0.3 is 19.4 Å². The van der Waals surface area contributed by atoms with Crippen LogP contribution in [0.2, 0.25) is 0 Å². The Balaban J connectivity index is 1.40. The summed E-state index contributed by atoms with van der Waals surface area (Å²) in [5.74, 6) is 1.26. The molecule has 1 aromatic carbocycles. The molecule has 0 spiro atoms. The number of hydrogen-bond acceptors (Lipinski definition) is 8. The van der Waals surface area contributed by atoms with Crippen molar-refractivity contribution < 1.29 is 14.3 Å². The van der Waals surface area contributed by atoms with Gasteiger partial charge in [-0.05, 0) is 44.5 Å². The molecule has 206 valence electrons. The number of piperidine rings is 1. The third-order valence-corrected chi connectivity index (χ3v) is 8.10. The zero-order valence-electron chi connectivity index (χ0n) is 23.4. The number of aromatic nitrogens is 2. The Morgan fingerprint density at radius 1 is 1.05 bits per heavy atom. The van der Waals surface area contributed by atoms with Crippen molar-refractivity contribution >= 4 is 29.5 Å².